The molecule has 216 valence electrons. The van der Waals surface area contributed by atoms with Crippen LogP contribution in [0.4, 0.5) is 13.2 Å². The zero-order chi connectivity index (χ0) is 28.9. The van der Waals surface area contributed by atoms with E-state index in [0.29, 0.717) is 23.3 Å². The van der Waals surface area contributed by atoms with Gasteiger partial charge in [0.05, 0.1) is 50.7 Å². The molecule has 40 heavy (non-hydrogen) atoms. The largest absolute Gasteiger partial charge is 0.488 e. The quantitative estimate of drug-likeness (QED) is 0.231. The highest BCUT2D eigenvalue weighted by Crippen LogP contribution is 2.33. The number of nitrogens with two attached hydrogens (primary N) is 3. The Labute approximate surface area is 232 Å². The number of hydrogen-bond acceptors (Lipinski definition) is 7. The number of benzene rings is 3. The van der Waals surface area contributed by atoms with Crippen LogP contribution in [0, 0.1) is 5.82 Å². The number of rotatable bonds is 14. The molecule has 0 aromatic heterocycles. The molecule has 0 spiro atoms. The molecular weight excluding hydrogens is 523 g/mol. The maximum absolute atomic E-state index is 14.6. The molecule has 0 saturated heterocycles. The Hall–Kier alpha value is -2.99. The maximum atomic E-state index is 14.6. The van der Waals surface area contributed by atoms with Gasteiger partial charge in [0.25, 0.3) is 5.92 Å². The Bertz CT molecular complexity index is 1260. The lowest BCUT2D eigenvalue weighted by Crippen LogP contribution is -2.20. The SMILES string of the molecule is CC(F)(F)c1cccc([C@H](N)COC2CC2Oc2ccc([C@H](N)COCc3cccc([C@H](N)CO)c3F)cc2)c1. The van der Waals surface area contributed by atoms with Crippen LogP contribution in [0.1, 0.15) is 59.3 Å². The average Bonchev–Trinajstić information content (AvgIpc) is 3.69. The van der Waals surface area contributed by atoms with Gasteiger partial charge in [0.1, 0.15) is 17.7 Å². The predicted octanol–water partition coefficient (Wildman–Crippen LogP) is 4.38. The molecule has 7 N–H and O–H groups in total. The van der Waals surface area contributed by atoms with Gasteiger partial charge in [0.15, 0.2) is 0 Å². The summed E-state index contributed by atoms with van der Waals surface area (Å²) < 4.78 is 59.2. The van der Waals surface area contributed by atoms with E-state index in [-0.39, 0.29) is 49.8 Å². The molecule has 0 amide bonds. The van der Waals surface area contributed by atoms with E-state index in [1.165, 1.54) is 18.2 Å². The van der Waals surface area contributed by atoms with Crippen molar-refractivity contribution in [3.05, 3.63) is 100 Å². The number of alkyl halides is 2. The third-order valence-corrected chi connectivity index (χ3v) is 6.84. The Balaban J connectivity index is 1.20. The summed E-state index contributed by atoms with van der Waals surface area (Å²) in [4.78, 5) is 0. The number of ether oxygens (including phenoxy) is 3. The summed E-state index contributed by atoms with van der Waals surface area (Å²) in [6.07, 6.45) is 0.463. The molecule has 1 aliphatic rings. The summed E-state index contributed by atoms with van der Waals surface area (Å²) in [5.41, 5.74) is 20.1. The van der Waals surface area contributed by atoms with Crippen molar-refractivity contribution in [1.29, 1.82) is 0 Å². The van der Waals surface area contributed by atoms with Crippen LogP contribution >= 0.6 is 0 Å². The summed E-state index contributed by atoms with van der Waals surface area (Å²) in [7, 11) is 0. The van der Waals surface area contributed by atoms with E-state index in [1.54, 1.807) is 24.3 Å². The zero-order valence-corrected chi connectivity index (χ0v) is 22.3. The lowest BCUT2D eigenvalue weighted by Gasteiger charge is -2.16. The maximum Gasteiger partial charge on any atom is 0.270 e. The Kier molecular flexibility index (Phi) is 9.83. The fraction of sp³-hybridized carbons (Fsp3) is 0.400. The van der Waals surface area contributed by atoms with E-state index < -0.39 is 29.9 Å². The van der Waals surface area contributed by atoms with Crippen molar-refractivity contribution in [2.75, 3.05) is 19.8 Å². The van der Waals surface area contributed by atoms with Crippen molar-refractivity contribution in [2.45, 2.75) is 56.2 Å². The standard InChI is InChI=1S/C30H36F3N3O4/c1-30(32,33)21-6-2-4-19(12-21)26(36)17-39-27-13-28(27)40-22-10-8-18(9-11-22)25(35)16-38-15-20-5-3-7-23(29(20)31)24(34)14-37/h2-12,24-28,37H,13-17,34-36H2,1H3/t24-,25-,26-,27?,28?/m1/s1. The van der Waals surface area contributed by atoms with E-state index in [2.05, 4.69) is 0 Å². The molecule has 1 fully saturated rings. The second-order valence-corrected chi connectivity index (χ2v) is 10.2. The van der Waals surface area contributed by atoms with Gasteiger partial charge in [0.2, 0.25) is 0 Å². The van der Waals surface area contributed by atoms with Crippen LogP contribution in [0.2, 0.25) is 0 Å². The molecule has 1 aliphatic carbocycles. The molecule has 0 aliphatic heterocycles. The zero-order valence-electron chi connectivity index (χ0n) is 22.3. The normalized spacial score (nSPS) is 19.2. The van der Waals surface area contributed by atoms with E-state index in [0.717, 1.165) is 12.5 Å². The number of hydrogen-bond donors (Lipinski definition) is 4. The highest BCUT2D eigenvalue weighted by atomic mass is 19.3. The van der Waals surface area contributed by atoms with Crippen LogP contribution in [-0.4, -0.2) is 37.1 Å². The molecule has 0 bridgehead atoms. The van der Waals surface area contributed by atoms with Gasteiger partial charge in [-0.3, -0.25) is 0 Å². The second-order valence-electron chi connectivity index (χ2n) is 10.2. The minimum absolute atomic E-state index is 0.0238. The smallest absolute Gasteiger partial charge is 0.270 e. The first kappa shape index (κ1) is 30.0. The van der Waals surface area contributed by atoms with Crippen molar-refractivity contribution in [3.8, 4) is 5.75 Å². The molecule has 5 atom stereocenters. The first-order valence-corrected chi connectivity index (χ1v) is 13.2. The summed E-state index contributed by atoms with van der Waals surface area (Å²) in [5, 5.41) is 9.20. The third-order valence-electron chi connectivity index (χ3n) is 6.84. The second kappa shape index (κ2) is 13.1. The van der Waals surface area contributed by atoms with E-state index >= 15 is 0 Å². The van der Waals surface area contributed by atoms with E-state index in [1.807, 2.05) is 24.3 Å². The Morgan fingerprint density at radius 2 is 1.60 bits per heavy atom. The molecule has 3 aromatic carbocycles. The third kappa shape index (κ3) is 7.81. The summed E-state index contributed by atoms with van der Waals surface area (Å²) >= 11 is 0. The topological polar surface area (TPSA) is 126 Å². The highest BCUT2D eigenvalue weighted by Gasteiger charge is 2.41. The van der Waals surface area contributed by atoms with Crippen molar-refractivity contribution in [2.24, 2.45) is 17.2 Å². The van der Waals surface area contributed by atoms with Crippen molar-refractivity contribution in [1.82, 2.24) is 0 Å². The Morgan fingerprint density at radius 1 is 0.900 bits per heavy atom. The van der Waals surface area contributed by atoms with E-state index in [9.17, 15) is 18.3 Å². The minimum Gasteiger partial charge on any atom is -0.488 e. The molecule has 10 heteroatoms. The molecule has 1 saturated carbocycles. The van der Waals surface area contributed by atoms with Gasteiger partial charge in [-0.05, 0) is 29.3 Å². The van der Waals surface area contributed by atoms with Gasteiger partial charge in [0, 0.05) is 30.0 Å². The molecule has 3 aromatic rings. The Morgan fingerprint density at radius 3 is 2.30 bits per heavy atom. The molecule has 0 radical (unpaired) electrons. The fourth-order valence-electron chi connectivity index (χ4n) is 4.27. The monoisotopic (exact) mass is 559 g/mol. The first-order chi connectivity index (χ1) is 19.1. The highest BCUT2D eigenvalue weighted by molar-refractivity contribution is 5.31. The van der Waals surface area contributed by atoms with Crippen molar-refractivity contribution >= 4 is 0 Å². The number of halogens is 3. The van der Waals surface area contributed by atoms with Gasteiger partial charge < -0.3 is 36.5 Å². The molecule has 0 heterocycles. The van der Waals surface area contributed by atoms with Crippen LogP contribution in [0.25, 0.3) is 0 Å². The molecule has 7 nitrogen and oxygen atoms in total. The van der Waals surface area contributed by atoms with Crippen molar-refractivity contribution in [3.63, 3.8) is 0 Å². The lowest BCUT2D eigenvalue weighted by atomic mass is 10.0. The summed E-state index contributed by atoms with van der Waals surface area (Å²) in [6, 6.07) is 16.5. The predicted molar refractivity (Wildman–Crippen MR) is 145 cm³/mol. The minimum atomic E-state index is -2.93. The van der Waals surface area contributed by atoms with Crippen LogP contribution < -0.4 is 21.9 Å². The van der Waals surface area contributed by atoms with Crippen LogP contribution in [0.15, 0.2) is 66.7 Å². The van der Waals surface area contributed by atoms with Gasteiger partial charge >= 0.3 is 0 Å². The van der Waals surface area contributed by atoms with Crippen molar-refractivity contribution < 1.29 is 32.5 Å². The van der Waals surface area contributed by atoms with Crippen LogP contribution in [0.5, 0.6) is 5.75 Å². The fourth-order valence-corrected chi connectivity index (χ4v) is 4.27. The van der Waals surface area contributed by atoms with Gasteiger partial charge in [-0.15, -0.1) is 0 Å². The molecule has 2 unspecified atom stereocenters. The lowest BCUT2D eigenvalue weighted by molar-refractivity contribution is 0.0172. The first-order valence-electron chi connectivity index (χ1n) is 13.2. The van der Waals surface area contributed by atoms with Gasteiger partial charge in [-0.25, -0.2) is 13.2 Å². The molecule has 4 rings (SSSR count). The molecular formula is C30H36F3N3O4. The summed E-state index contributed by atoms with van der Waals surface area (Å²) in [6.45, 7) is 0.895. The average molecular weight is 560 g/mol. The van der Waals surface area contributed by atoms with E-state index in [4.69, 9.17) is 31.4 Å². The van der Waals surface area contributed by atoms with Crippen LogP contribution in [0.3, 0.4) is 0 Å². The van der Waals surface area contributed by atoms with Gasteiger partial charge in [-0.2, -0.15) is 0 Å². The number of aliphatic hydroxyl groups excluding tert-OH is 1. The number of aliphatic hydroxyl groups is 1. The van der Waals surface area contributed by atoms with Gasteiger partial charge in [-0.1, -0.05) is 48.5 Å². The van der Waals surface area contributed by atoms with Crippen LogP contribution in [-0.2, 0) is 22.0 Å². The summed E-state index contributed by atoms with van der Waals surface area (Å²) in [5.74, 6) is -2.76.